The monoisotopic (exact) mass is 433 g/mol. The number of nitrogens with zero attached hydrogens (tertiary/aromatic N) is 3. The average molecular weight is 434 g/mol. The van der Waals surface area contributed by atoms with Crippen LogP contribution in [0.15, 0.2) is 63.2 Å². The minimum atomic E-state index is -3.52. The Morgan fingerprint density at radius 2 is 2.00 bits per heavy atom. The third kappa shape index (κ3) is 3.48. The van der Waals surface area contributed by atoms with Crippen LogP contribution in [-0.4, -0.2) is 36.8 Å². The Kier molecular flexibility index (Phi) is 5.05. The molecule has 0 saturated heterocycles. The normalized spacial score (nSPS) is 12.3. The topological polar surface area (TPSA) is 76.3 Å². The SMILES string of the molecule is CN(C)S(=O)(=O)c1ccc2oc(SCc3ccc(Cl)c4cccnc34)nc2c1. The predicted octanol–water partition coefficient (Wildman–Crippen LogP) is 4.57. The smallest absolute Gasteiger partial charge is 0.257 e. The molecule has 0 aliphatic heterocycles. The molecule has 2 heterocycles. The lowest BCUT2D eigenvalue weighted by Gasteiger charge is -2.10. The van der Waals surface area contributed by atoms with Crippen molar-refractivity contribution in [2.45, 2.75) is 15.9 Å². The van der Waals surface area contributed by atoms with E-state index >= 15 is 0 Å². The van der Waals surface area contributed by atoms with Crippen LogP contribution in [-0.2, 0) is 15.8 Å². The van der Waals surface area contributed by atoms with Gasteiger partial charge >= 0.3 is 0 Å². The highest BCUT2D eigenvalue weighted by molar-refractivity contribution is 7.98. The first-order chi connectivity index (χ1) is 13.4. The molecule has 28 heavy (non-hydrogen) atoms. The van der Waals surface area contributed by atoms with Gasteiger partial charge in [-0.3, -0.25) is 4.98 Å². The number of halogens is 1. The maximum Gasteiger partial charge on any atom is 0.257 e. The summed E-state index contributed by atoms with van der Waals surface area (Å²) >= 11 is 7.66. The third-order valence-corrected chi connectivity index (χ3v) is 7.29. The summed E-state index contributed by atoms with van der Waals surface area (Å²) < 4.78 is 31.5. The summed E-state index contributed by atoms with van der Waals surface area (Å²) in [6, 6.07) is 12.3. The van der Waals surface area contributed by atoms with Gasteiger partial charge in [0.15, 0.2) is 5.58 Å². The van der Waals surface area contributed by atoms with Crippen LogP contribution < -0.4 is 0 Å². The van der Waals surface area contributed by atoms with Gasteiger partial charge in [0.05, 0.1) is 10.4 Å². The molecule has 0 aliphatic carbocycles. The molecule has 4 aromatic rings. The summed E-state index contributed by atoms with van der Waals surface area (Å²) in [5.41, 5.74) is 2.91. The number of aromatic nitrogens is 2. The second kappa shape index (κ2) is 7.36. The van der Waals surface area contributed by atoms with E-state index in [0.29, 0.717) is 27.1 Å². The maximum atomic E-state index is 12.3. The van der Waals surface area contributed by atoms with E-state index in [-0.39, 0.29) is 4.90 Å². The molecule has 0 bridgehead atoms. The fraction of sp³-hybridized carbons (Fsp3) is 0.158. The van der Waals surface area contributed by atoms with Gasteiger partial charge in [-0.1, -0.05) is 29.4 Å². The Morgan fingerprint density at radius 3 is 2.79 bits per heavy atom. The van der Waals surface area contributed by atoms with Crippen molar-refractivity contribution in [2.75, 3.05) is 14.1 Å². The number of thioether (sulfide) groups is 1. The van der Waals surface area contributed by atoms with Crippen LogP contribution in [0.3, 0.4) is 0 Å². The molecule has 0 unspecified atom stereocenters. The average Bonchev–Trinajstić information content (AvgIpc) is 3.09. The van der Waals surface area contributed by atoms with Crippen molar-refractivity contribution in [1.29, 1.82) is 0 Å². The Labute approximate surface area is 171 Å². The van der Waals surface area contributed by atoms with Gasteiger partial charge in [0.25, 0.3) is 5.22 Å². The van der Waals surface area contributed by atoms with Gasteiger partial charge in [-0.2, -0.15) is 0 Å². The summed E-state index contributed by atoms with van der Waals surface area (Å²) in [6.45, 7) is 0. The number of fused-ring (bicyclic) bond motifs is 2. The summed E-state index contributed by atoms with van der Waals surface area (Å²) in [6.07, 6.45) is 1.74. The first-order valence-electron chi connectivity index (χ1n) is 8.34. The molecule has 144 valence electrons. The highest BCUT2D eigenvalue weighted by Gasteiger charge is 2.19. The first-order valence-corrected chi connectivity index (χ1v) is 11.1. The molecular formula is C19H16ClN3O3S2. The molecule has 0 atom stereocenters. The summed E-state index contributed by atoms with van der Waals surface area (Å²) in [7, 11) is -0.530. The number of hydrogen-bond donors (Lipinski definition) is 0. The highest BCUT2D eigenvalue weighted by Crippen LogP contribution is 2.31. The van der Waals surface area contributed by atoms with Gasteiger partial charge in [0.1, 0.15) is 5.52 Å². The van der Waals surface area contributed by atoms with E-state index in [1.54, 1.807) is 12.3 Å². The first kappa shape index (κ1) is 19.2. The molecule has 0 N–H and O–H groups in total. The van der Waals surface area contributed by atoms with Gasteiger partial charge < -0.3 is 4.42 Å². The van der Waals surface area contributed by atoms with Crippen LogP contribution in [0.25, 0.3) is 22.0 Å². The number of sulfonamides is 1. The molecule has 0 radical (unpaired) electrons. The van der Waals surface area contributed by atoms with Crippen molar-refractivity contribution in [1.82, 2.24) is 14.3 Å². The van der Waals surface area contributed by atoms with Crippen molar-refractivity contribution in [3.63, 3.8) is 0 Å². The summed E-state index contributed by atoms with van der Waals surface area (Å²) in [4.78, 5) is 9.04. The second-order valence-corrected chi connectivity index (χ2v) is 9.78. The molecule has 0 aliphatic rings. The third-order valence-electron chi connectivity index (χ3n) is 4.27. The van der Waals surface area contributed by atoms with Gasteiger partial charge in [-0.05, 0) is 42.0 Å². The Bertz CT molecular complexity index is 1290. The van der Waals surface area contributed by atoms with Crippen LogP contribution in [0.1, 0.15) is 5.56 Å². The molecule has 9 heteroatoms. The van der Waals surface area contributed by atoms with Crippen molar-refractivity contribution in [2.24, 2.45) is 0 Å². The zero-order chi connectivity index (χ0) is 19.9. The number of oxazole rings is 1. The van der Waals surface area contributed by atoms with Crippen LogP contribution in [0.5, 0.6) is 0 Å². The minimum absolute atomic E-state index is 0.183. The number of pyridine rings is 1. The largest absolute Gasteiger partial charge is 0.431 e. The number of benzene rings is 2. The van der Waals surface area contributed by atoms with Crippen LogP contribution in [0.4, 0.5) is 0 Å². The van der Waals surface area contributed by atoms with Gasteiger partial charge in [0, 0.05) is 36.5 Å². The van der Waals surface area contributed by atoms with E-state index in [1.807, 2.05) is 24.3 Å². The molecule has 2 aromatic carbocycles. The summed E-state index contributed by atoms with van der Waals surface area (Å²) in [5.74, 6) is 0.598. The predicted molar refractivity (Wildman–Crippen MR) is 111 cm³/mol. The Balaban J connectivity index is 1.62. The molecule has 0 saturated carbocycles. The van der Waals surface area contributed by atoms with E-state index in [1.165, 1.54) is 42.3 Å². The van der Waals surface area contributed by atoms with Gasteiger partial charge in [0.2, 0.25) is 10.0 Å². The van der Waals surface area contributed by atoms with Crippen molar-refractivity contribution >= 4 is 55.4 Å². The minimum Gasteiger partial charge on any atom is -0.431 e. The van der Waals surface area contributed by atoms with Gasteiger partial charge in [-0.25, -0.2) is 17.7 Å². The highest BCUT2D eigenvalue weighted by atomic mass is 35.5. The molecular weight excluding hydrogens is 418 g/mol. The Hall–Kier alpha value is -2.13. The van der Waals surface area contributed by atoms with Crippen LogP contribution in [0, 0.1) is 0 Å². The molecule has 2 aromatic heterocycles. The lowest BCUT2D eigenvalue weighted by atomic mass is 10.1. The Morgan fingerprint density at radius 1 is 1.18 bits per heavy atom. The lowest BCUT2D eigenvalue weighted by Crippen LogP contribution is -2.22. The lowest BCUT2D eigenvalue weighted by molar-refractivity contribution is 0.489. The molecule has 0 fully saturated rings. The molecule has 6 nitrogen and oxygen atoms in total. The second-order valence-electron chi connectivity index (χ2n) is 6.29. The number of rotatable bonds is 5. The number of hydrogen-bond acceptors (Lipinski definition) is 6. The molecule has 0 spiro atoms. The van der Waals surface area contributed by atoms with E-state index in [0.717, 1.165) is 16.5 Å². The van der Waals surface area contributed by atoms with Crippen molar-refractivity contribution < 1.29 is 12.8 Å². The maximum absolute atomic E-state index is 12.3. The standard InChI is InChI=1S/C19H16ClN3O3S2/c1-23(2)28(24,25)13-6-8-17-16(10-13)22-19(26-17)27-11-12-5-7-15(20)14-4-3-9-21-18(12)14/h3-10H,11H2,1-2H3. The van der Waals surface area contributed by atoms with Crippen molar-refractivity contribution in [3.05, 3.63) is 59.2 Å². The van der Waals surface area contributed by atoms with Crippen molar-refractivity contribution in [3.8, 4) is 0 Å². The van der Waals surface area contributed by atoms with E-state index in [2.05, 4.69) is 9.97 Å². The fourth-order valence-electron chi connectivity index (χ4n) is 2.77. The quantitative estimate of drug-likeness (QED) is 0.429. The zero-order valence-corrected chi connectivity index (χ0v) is 17.5. The van der Waals surface area contributed by atoms with Gasteiger partial charge in [-0.15, -0.1) is 0 Å². The van der Waals surface area contributed by atoms with Crippen LogP contribution >= 0.6 is 23.4 Å². The molecule has 0 amide bonds. The van der Waals surface area contributed by atoms with E-state index in [9.17, 15) is 8.42 Å². The van der Waals surface area contributed by atoms with E-state index in [4.69, 9.17) is 16.0 Å². The van der Waals surface area contributed by atoms with Crippen LogP contribution in [0.2, 0.25) is 5.02 Å². The summed E-state index contributed by atoms with van der Waals surface area (Å²) in [5, 5.41) is 2.03. The molecule has 4 rings (SSSR count). The zero-order valence-electron chi connectivity index (χ0n) is 15.1. The fourth-order valence-corrected chi connectivity index (χ4v) is 4.73. The van der Waals surface area contributed by atoms with E-state index < -0.39 is 10.0 Å².